The zero-order valence-electron chi connectivity index (χ0n) is 22.1. The average Bonchev–Trinajstić information content (AvgIpc) is 3.60. The van der Waals surface area contributed by atoms with Gasteiger partial charge in [-0.15, -0.1) is 0 Å². The highest BCUT2D eigenvalue weighted by Gasteiger charge is 2.35. The summed E-state index contributed by atoms with van der Waals surface area (Å²) < 4.78 is 36.7. The Balaban J connectivity index is 1.42. The summed E-state index contributed by atoms with van der Waals surface area (Å²) in [5.74, 6) is -1.09. The normalized spacial score (nSPS) is 17.5. The van der Waals surface area contributed by atoms with Crippen LogP contribution < -0.4 is 10.6 Å². The molecule has 0 saturated carbocycles. The summed E-state index contributed by atoms with van der Waals surface area (Å²) in [6, 6.07) is 14.0. The Bertz CT molecular complexity index is 1430. The number of nitrogens with one attached hydrogen (secondary N) is 2. The number of rotatable bonds is 8. The summed E-state index contributed by atoms with van der Waals surface area (Å²) in [6.07, 6.45) is 1.83. The smallest absolute Gasteiger partial charge is 0.320 e. The lowest BCUT2D eigenvalue weighted by Gasteiger charge is -2.21. The Morgan fingerprint density at radius 2 is 1.82 bits per heavy atom. The molecule has 1 aliphatic rings. The van der Waals surface area contributed by atoms with E-state index in [2.05, 4.69) is 20.6 Å². The zero-order valence-corrected chi connectivity index (χ0v) is 22.1. The van der Waals surface area contributed by atoms with Crippen molar-refractivity contribution in [3.63, 3.8) is 0 Å². The number of hydrogen-bond acceptors (Lipinski definition) is 5. The third-order valence-corrected chi connectivity index (χ3v) is 6.95. The fourth-order valence-corrected chi connectivity index (χ4v) is 5.06. The lowest BCUT2D eigenvalue weighted by atomic mass is 9.94. The number of para-hydroxylation sites is 1. The molecule has 0 aliphatic carbocycles. The predicted octanol–water partition coefficient (Wildman–Crippen LogP) is 4.10. The molecule has 9 nitrogen and oxygen atoms in total. The maximum absolute atomic E-state index is 14.1. The largest absolute Gasteiger partial charge is 0.383 e. The molecule has 1 saturated heterocycles. The van der Waals surface area contributed by atoms with E-state index < -0.39 is 17.7 Å². The van der Waals surface area contributed by atoms with Crippen molar-refractivity contribution in [2.75, 3.05) is 38.7 Å². The molecular weight excluding hydrogens is 504 g/mol. The number of amides is 2. The summed E-state index contributed by atoms with van der Waals surface area (Å²) in [5.41, 5.74) is 3.36. The number of carbonyl (C=O) groups is 1. The van der Waals surface area contributed by atoms with E-state index >= 15 is 0 Å². The topological polar surface area (TPSA) is 89.2 Å². The third-order valence-electron chi connectivity index (χ3n) is 6.95. The van der Waals surface area contributed by atoms with Gasteiger partial charge in [-0.05, 0) is 42.8 Å². The maximum Gasteiger partial charge on any atom is 0.320 e. The van der Waals surface area contributed by atoms with Crippen LogP contribution in [-0.4, -0.2) is 69.9 Å². The molecule has 1 aliphatic heterocycles. The first-order valence-corrected chi connectivity index (χ1v) is 12.7. The standard InChI is InChI=1S/C28H31F2N7O2/c1-18-26(24-9-10-35(2)33-24)34-37(22-7-5-4-6-8-22)27(18)32-28(38)31-25-17-36(11-12-39-3)16-23(25)19-13-20(29)15-21(30)14-19/h4-10,13-15,23,25H,11-12,16-17H2,1-3H3,(H2,31,32,38). The van der Waals surface area contributed by atoms with Crippen LogP contribution in [0.4, 0.5) is 19.4 Å². The van der Waals surface area contributed by atoms with Crippen LogP contribution in [0.2, 0.25) is 0 Å². The first-order chi connectivity index (χ1) is 18.8. The van der Waals surface area contributed by atoms with Gasteiger partial charge in [-0.2, -0.15) is 10.2 Å². The summed E-state index contributed by atoms with van der Waals surface area (Å²) in [4.78, 5) is 15.5. The molecule has 2 atom stereocenters. The SMILES string of the molecule is COCCN1CC(NC(=O)Nc2c(C)c(-c3ccn(C)n3)nn2-c2ccccc2)C(c2cc(F)cc(F)c2)C1. The van der Waals surface area contributed by atoms with Crippen LogP contribution in [-0.2, 0) is 11.8 Å². The highest BCUT2D eigenvalue weighted by Crippen LogP contribution is 2.31. The number of aryl methyl sites for hydroxylation is 1. The van der Waals surface area contributed by atoms with E-state index in [9.17, 15) is 13.6 Å². The van der Waals surface area contributed by atoms with E-state index in [1.807, 2.05) is 56.6 Å². The molecule has 39 heavy (non-hydrogen) atoms. The molecule has 0 spiro atoms. The maximum atomic E-state index is 14.1. The number of hydrogen-bond donors (Lipinski definition) is 2. The summed E-state index contributed by atoms with van der Waals surface area (Å²) in [6.45, 7) is 4.07. The Hall–Kier alpha value is -4.09. The van der Waals surface area contributed by atoms with Crippen LogP contribution in [0.15, 0.2) is 60.8 Å². The lowest BCUT2D eigenvalue weighted by molar-refractivity contribution is 0.159. The van der Waals surface area contributed by atoms with Gasteiger partial charge in [-0.3, -0.25) is 14.9 Å². The number of aromatic nitrogens is 4. The quantitative estimate of drug-likeness (QED) is 0.355. The van der Waals surface area contributed by atoms with Crippen LogP contribution in [0.3, 0.4) is 0 Å². The van der Waals surface area contributed by atoms with E-state index in [4.69, 9.17) is 9.84 Å². The van der Waals surface area contributed by atoms with Crippen molar-refractivity contribution < 1.29 is 18.3 Å². The van der Waals surface area contributed by atoms with E-state index in [1.54, 1.807) is 16.5 Å². The minimum Gasteiger partial charge on any atom is -0.383 e. The molecule has 2 unspecified atom stereocenters. The molecule has 4 aromatic rings. The number of benzene rings is 2. The molecule has 0 bridgehead atoms. The molecule has 1 fully saturated rings. The number of carbonyl (C=O) groups excluding carboxylic acids is 1. The van der Waals surface area contributed by atoms with Crippen molar-refractivity contribution in [2.24, 2.45) is 7.05 Å². The second-order valence-corrected chi connectivity index (χ2v) is 9.71. The zero-order chi connectivity index (χ0) is 27.5. The first kappa shape index (κ1) is 26.5. The van der Waals surface area contributed by atoms with Gasteiger partial charge in [-0.25, -0.2) is 18.3 Å². The van der Waals surface area contributed by atoms with E-state index in [-0.39, 0.29) is 12.0 Å². The molecule has 11 heteroatoms. The lowest BCUT2D eigenvalue weighted by Crippen LogP contribution is -2.42. The molecule has 2 aromatic carbocycles. The van der Waals surface area contributed by atoms with Gasteiger partial charge in [0.05, 0.1) is 18.3 Å². The Morgan fingerprint density at radius 3 is 2.49 bits per heavy atom. The molecule has 2 N–H and O–H groups in total. The van der Waals surface area contributed by atoms with Crippen molar-refractivity contribution in [1.82, 2.24) is 29.8 Å². The van der Waals surface area contributed by atoms with Gasteiger partial charge in [0.25, 0.3) is 0 Å². The van der Waals surface area contributed by atoms with Crippen molar-refractivity contribution in [3.05, 3.63) is 83.6 Å². The highest BCUT2D eigenvalue weighted by atomic mass is 19.1. The summed E-state index contributed by atoms with van der Waals surface area (Å²) in [7, 11) is 3.45. The average molecular weight is 536 g/mol. The molecular formula is C28H31F2N7O2. The fourth-order valence-electron chi connectivity index (χ4n) is 5.06. The van der Waals surface area contributed by atoms with Gasteiger partial charge in [0.2, 0.25) is 0 Å². The monoisotopic (exact) mass is 535 g/mol. The Morgan fingerprint density at radius 1 is 1.08 bits per heavy atom. The van der Waals surface area contributed by atoms with Crippen molar-refractivity contribution in [3.8, 4) is 17.1 Å². The van der Waals surface area contributed by atoms with E-state index in [0.717, 1.165) is 17.3 Å². The number of urea groups is 1. The number of anilines is 1. The van der Waals surface area contributed by atoms with Crippen LogP contribution >= 0.6 is 0 Å². The van der Waals surface area contributed by atoms with Crippen LogP contribution in [0.5, 0.6) is 0 Å². The molecule has 2 amide bonds. The number of halogens is 2. The molecule has 0 radical (unpaired) electrons. The number of likely N-dealkylation sites (tertiary alicyclic amines) is 1. The van der Waals surface area contributed by atoms with Gasteiger partial charge in [-0.1, -0.05) is 18.2 Å². The number of nitrogens with zero attached hydrogens (tertiary/aromatic N) is 5. The Labute approximate surface area is 225 Å². The highest BCUT2D eigenvalue weighted by molar-refractivity contribution is 5.91. The van der Waals surface area contributed by atoms with Crippen LogP contribution in [0.25, 0.3) is 17.1 Å². The van der Waals surface area contributed by atoms with Crippen LogP contribution in [0.1, 0.15) is 17.0 Å². The molecule has 204 valence electrons. The van der Waals surface area contributed by atoms with Gasteiger partial charge < -0.3 is 10.1 Å². The van der Waals surface area contributed by atoms with Crippen molar-refractivity contribution in [1.29, 1.82) is 0 Å². The number of ether oxygens (including phenoxy) is 1. The van der Waals surface area contributed by atoms with Gasteiger partial charge >= 0.3 is 6.03 Å². The second kappa shape index (κ2) is 11.3. The first-order valence-electron chi connectivity index (χ1n) is 12.7. The third kappa shape index (κ3) is 5.84. The molecule has 2 aromatic heterocycles. The van der Waals surface area contributed by atoms with E-state index in [1.165, 1.54) is 12.1 Å². The van der Waals surface area contributed by atoms with Crippen LogP contribution in [0, 0.1) is 18.6 Å². The van der Waals surface area contributed by atoms with Gasteiger partial charge in [0, 0.05) is 57.5 Å². The molecule has 3 heterocycles. The summed E-state index contributed by atoms with van der Waals surface area (Å²) in [5, 5.41) is 15.3. The van der Waals surface area contributed by atoms with E-state index in [0.29, 0.717) is 49.0 Å². The summed E-state index contributed by atoms with van der Waals surface area (Å²) >= 11 is 0. The van der Waals surface area contributed by atoms with Gasteiger partial charge in [0.1, 0.15) is 28.8 Å². The molecule has 5 rings (SSSR count). The van der Waals surface area contributed by atoms with Gasteiger partial charge in [0.15, 0.2) is 0 Å². The number of methoxy groups -OCH3 is 1. The van der Waals surface area contributed by atoms with Crippen molar-refractivity contribution in [2.45, 2.75) is 18.9 Å². The Kier molecular flexibility index (Phi) is 7.71. The van der Waals surface area contributed by atoms with Crippen molar-refractivity contribution >= 4 is 11.8 Å². The fraction of sp³-hybridized carbons (Fsp3) is 0.321. The minimum absolute atomic E-state index is 0.304. The second-order valence-electron chi connectivity index (χ2n) is 9.71. The minimum atomic E-state index is -0.645. The predicted molar refractivity (Wildman–Crippen MR) is 144 cm³/mol.